The lowest BCUT2D eigenvalue weighted by atomic mass is 10.1. The van der Waals surface area contributed by atoms with E-state index in [0.717, 1.165) is 36.5 Å². The minimum absolute atomic E-state index is 0.297. The highest BCUT2D eigenvalue weighted by atomic mass is 16.5. The average Bonchev–Trinajstić information content (AvgIpc) is 2.77. The molecule has 3 N–H and O–H groups in total. The molecule has 156 valence electrons. The summed E-state index contributed by atoms with van der Waals surface area (Å²) < 4.78 is 5.81. The van der Waals surface area contributed by atoms with Gasteiger partial charge in [0.2, 0.25) is 0 Å². The maximum absolute atomic E-state index is 12.3. The highest BCUT2D eigenvalue weighted by molar-refractivity contribution is 6.03. The standard InChI is InChI=1S/C22H26N6O2/c1-16-25-14-19(15-26-16)22(29)28-21-7-6-18(13-27-21)17-4-3-5-20(12-17)30-11-10-24-9-8-23-2/h3-7,12-15,23-24H,8-11H2,1-2H3,(H,27,28,29). The number of amides is 1. The summed E-state index contributed by atoms with van der Waals surface area (Å²) >= 11 is 0. The van der Waals surface area contributed by atoms with Gasteiger partial charge in [-0.05, 0) is 43.8 Å². The molecule has 3 aromatic rings. The Bertz CT molecular complexity index is 945. The van der Waals surface area contributed by atoms with Gasteiger partial charge in [-0.2, -0.15) is 0 Å². The van der Waals surface area contributed by atoms with Crippen LogP contribution >= 0.6 is 0 Å². The Hall–Kier alpha value is -3.36. The lowest BCUT2D eigenvalue weighted by Gasteiger charge is -2.10. The molecule has 0 spiro atoms. The van der Waals surface area contributed by atoms with E-state index in [0.29, 0.717) is 23.8 Å². The maximum Gasteiger partial charge on any atom is 0.259 e. The molecule has 0 radical (unpaired) electrons. The third kappa shape index (κ3) is 6.33. The van der Waals surface area contributed by atoms with E-state index in [1.807, 2.05) is 37.4 Å². The first-order valence-corrected chi connectivity index (χ1v) is 9.80. The van der Waals surface area contributed by atoms with Crippen molar-refractivity contribution in [3.05, 3.63) is 66.4 Å². The number of hydrogen-bond acceptors (Lipinski definition) is 7. The van der Waals surface area contributed by atoms with E-state index in [1.54, 1.807) is 19.2 Å². The molecule has 0 saturated carbocycles. The highest BCUT2D eigenvalue weighted by Crippen LogP contribution is 2.24. The lowest BCUT2D eigenvalue weighted by molar-refractivity contribution is 0.102. The molecule has 30 heavy (non-hydrogen) atoms. The minimum atomic E-state index is -0.297. The zero-order chi connectivity index (χ0) is 21.2. The molecule has 8 heteroatoms. The van der Waals surface area contributed by atoms with Crippen molar-refractivity contribution < 1.29 is 9.53 Å². The van der Waals surface area contributed by atoms with Crippen LogP contribution < -0.4 is 20.7 Å². The maximum atomic E-state index is 12.3. The van der Waals surface area contributed by atoms with Crippen LogP contribution in [0, 0.1) is 6.92 Å². The van der Waals surface area contributed by atoms with E-state index in [1.165, 1.54) is 12.4 Å². The lowest BCUT2D eigenvalue weighted by Crippen LogP contribution is -2.28. The molecule has 0 aliphatic rings. The van der Waals surface area contributed by atoms with Gasteiger partial charge in [0, 0.05) is 43.8 Å². The second kappa shape index (κ2) is 11.0. The van der Waals surface area contributed by atoms with Crippen LogP contribution in [-0.2, 0) is 0 Å². The van der Waals surface area contributed by atoms with Crippen molar-refractivity contribution in [2.75, 3.05) is 38.6 Å². The molecule has 8 nitrogen and oxygen atoms in total. The highest BCUT2D eigenvalue weighted by Gasteiger charge is 2.08. The first kappa shape index (κ1) is 21.4. The van der Waals surface area contributed by atoms with Gasteiger partial charge in [-0.3, -0.25) is 4.79 Å². The molecule has 0 bridgehead atoms. The van der Waals surface area contributed by atoms with Crippen molar-refractivity contribution >= 4 is 11.7 Å². The van der Waals surface area contributed by atoms with Crippen molar-refractivity contribution in [2.45, 2.75) is 6.92 Å². The number of carbonyl (C=O) groups excluding carboxylic acids is 1. The van der Waals surface area contributed by atoms with Gasteiger partial charge in [-0.15, -0.1) is 0 Å². The largest absolute Gasteiger partial charge is 0.492 e. The SMILES string of the molecule is CNCCNCCOc1cccc(-c2ccc(NC(=O)c3cnc(C)nc3)nc2)c1. The van der Waals surface area contributed by atoms with Crippen molar-refractivity contribution in [3.63, 3.8) is 0 Å². The molecule has 0 aliphatic carbocycles. The number of ether oxygens (including phenoxy) is 1. The Balaban J connectivity index is 1.56. The first-order valence-electron chi connectivity index (χ1n) is 9.80. The normalized spacial score (nSPS) is 10.6. The molecular formula is C22H26N6O2. The van der Waals surface area contributed by atoms with Crippen molar-refractivity contribution in [1.82, 2.24) is 25.6 Å². The van der Waals surface area contributed by atoms with E-state index in [-0.39, 0.29) is 5.91 Å². The van der Waals surface area contributed by atoms with Crippen LogP contribution in [0.4, 0.5) is 5.82 Å². The summed E-state index contributed by atoms with van der Waals surface area (Å²) in [5.41, 5.74) is 2.31. The zero-order valence-corrected chi connectivity index (χ0v) is 17.2. The second-order valence-electron chi connectivity index (χ2n) is 6.64. The molecule has 0 saturated heterocycles. The summed E-state index contributed by atoms with van der Waals surface area (Å²) in [5.74, 6) is 1.59. The quantitative estimate of drug-likeness (QED) is 0.444. The van der Waals surface area contributed by atoms with E-state index in [9.17, 15) is 4.79 Å². The van der Waals surface area contributed by atoms with E-state index < -0.39 is 0 Å². The monoisotopic (exact) mass is 406 g/mol. The number of hydrogen-bond donors (Lipinski definition) is 3. The van der Waals surface area contributed by atoms with Gasteiger partial charge in [0.15, 0.2) is 0 Å². The Labute approximate surface area is 176 Å². The molecule has 1 aromatic carbocycles. The van der Waals surface area contributed by atoms with E-state index >= 15 is 0 Å². The number of rotatable bonds is 10. The number of aromatic nitrogens is 3. The van der Waals surface area contributed by atoms with Gasteiger partial charge in [-0.1, -0.05) is 12.1 Å². The topological polar surface area (TPSA) is 101 Å². The molecule has 0 fully saturated rings. The number of likely N-dealkylation sites (N-methyl/N-ethyl adjacent to an activating group) is 1. The van der Waals surface area contributed by atoms with Crippen LogP contribution in [0.2, 0.25) is 0 Å². The van der Waals surface area contributed by atoms with Gasteiger partial charge < -0.3 is 20.7 Å². The number of anilines is 1. The fourth-order valence-electron chi connectivity index (χ4n) is 2.68. The molecule has 1 amide bonds. The Kier molecular flexibility index (Phi) is 7.82. The van der Waals surface area contributed by atoms with Crippen LogP contribution in [0.5, 0.6) is 5.75 Å². The van der Waals surface area contributed by atoms with Gasteiger partial charge in [0.25, 0.3) is 5.91 Å². The molecule has 2 heterocycles. The van der Waals surface area contributed by atoms with Crippen molar-refractivity contribution in [3.8, 4) is 16.9 Å². The minimum Gasteiger partial charge on any atom is -0.492 e. The number of aryl methyl sites for hydroxylation is 1. The van der Waals surface area contributed by atoms with Crippen molar-refractivity contribution in [2.24, 2.45) is 0 Å². The second-order valence-corrected chi connectivity index (χ2v) is 6.64. The van der Waals surface area contributed by atoms with Crippen molar-refractivity contribution in [1.29, 1.82) is 0 Å². The third-order valence-electron chi connectivity index (χ3n) is 4.31. The number of nitrogens with zero attached hydrogens (tertiary/aromatic N) is 3. The fourth-order valence-corrected chi connectivity index (χ4v) is 2.68. The summed E-state index contributed by atoms with van der Waals surface area (Å²) in [5, 5.41) is 9.14. The molecular weight excluding hydrogens is 380 g/mol. The van der Waals surface area contributed by atoms with Crippen LogP contribution in [-0.4, -0.2) is 54.1 Å². The summed E-state index contributed by atoms with van der Waals surface area (Å²) in [4.78, 5) is 24.7. The molecule has 0 unspecified atom stereocenters. The number of nitrogens with one attached hydrogen (secondary N) is 3. The molecule has 3 rings (SSSR count). The smallest absolute Gasteiger partial charge is 0.259 e. The Morgan fingerprint density at radius 1 is 0.967 bits per heavy atom. The summed E-state index contributed by atoms with van der Waals surface area (Å²) in [7, 11) is 1.93. The molecule has 0 aliphatic heterocycles. The van der Waals surface area contributed by atoms with Crippen LogP contribution in [0.25, 0.3) is 11.1 Å². The first-order chi connectivity index (χ1) is 14.7. The van der Waals surface area contributed by atoms with Gasteiger partial charge in [0.05, 0.1) is 5.56 Å². The average molecular weight is 406 g/mol. The van der Waals surface area contributed by atoms with E-state index in [4.69, 9.17) is 4.74 Å². The molecule has 0 atom stereocenters. The predicted molar refractivity (Wildman–Crippen MR) is 117 cm³/mol. The third-order valence-corrected chi connectivity index (χ3v) is 4.31. The summed E-state index contributed by atoms with van der Waals surface area (Å²) in [6, 6.07) is 11.5. The molecule has 2 aromatic heterocycles. The summed E-state index contributed by atoms with van der Waals surface area (Å²) in [6.45, 7) is 4.99. The number of carbonyl (C=O) groups is 1. The van der Waals surface area contributed by atoms with Crippen LogP contribution in [0.15, 0.2) is 55.0 Å². The predicted octanol–water partition coefficient (Wildman–Crippen LogP) is 2.29. The van der Waals surface area contributed by atoms with Crippen LogP contribution in [0.1, 0.15) is 16.2 Å². The van der Waals surface area contributed by atoms with E-state index in [2.05, 4.69) is 30.9 Å². The fraction of sp³-hybridized carbons (Fsp3) is 0.273. The van der Waals surface area contributed by atoms with Gasteiger partial charge >= 0.3 is 0 Å². The number of pyridine rings is 1. The van der Waals surface area contributed by atoms with Gasteiger partial charge in [-0.25, -0.2) is 15.0 Å². The van der Waals surface area contributed by atoms with Gasteiger partial charge in [0.1, 0.15) is 24.0 Å². The van der Waals surface area contributed by atoms with Crippen LogP contribution in [0.3, 0.4) is 0 Å². The summed E-state index contributed by atoms with van der Waals surface area (Å²) in [6.07, 6.45) is 4.71. The Morgan fingerprint density at radius 3 is 2.53 bits per heavy atom. The Morgan fingerprint density at radius 2 is 1.80 bits per heavy atom. The number of benzene rings is 1. The zero-order valence-electron chi connectivity index (χ0n) is 17.2.